The molecule has 5 rings (SSSR count). The first-order valence-electron chi connectivity index (χ1n) is 10.6. The first-order chi connectivity index (χ1) is 16.7. The number of carbonyl (C=O) groups is 1. The van der Waals surface area contributed by atoms with Gasteiger partial charge in [-0.3, -0.25) is 14.8 Å². The molecule has 35 heavy (non-hydrogen) atoms. The van der Waals surface area contributed by atoms with Crippen molar-refractivity contribution in [1.82, 2.24) is 24.5 Å². The molecule has 2 N–H and O–H groups in total. The summed E-state index contributed by atoms with van der Waals surface area (Å²) < 4.78 is 41.1. The van der Waals surface area contributed by atoms with E-state index in [1.807, 2.05) is 11.5 Å². The summed E-state index contributed by atoms with van der Waals surface area (Å²) in [4.78, 5) is 33.9. The second kappa shape index (κ2) is 8.46. The van der Waals surface area contributed by atoms with E-state index < -0.39 is 17.6 Å². The molecule has 9 nitrogen and oxygen atoms in total. The van der Waals surface area contributed by atoms with E-state index in [0.29, 0.717) is 41.6 Å². The Balaban J connectivity index is 1.54. The maximum absolute atomic E-state index is 13.0. The Morgan fingerprint density at radius 2 is 2.00 bits per heavy atom. The van der Waals surface area contributed by atoms with Gasteiger partial charge in [-0.15, -0.1) is 0 Å². The van der Waals surface area contributed by atoms with Crippen LogP contribution in [0.4, 0.5) is 24.7 Å². The molecule has 0 radical (unpaired) electrons. The lowest BCUT2D eigenvalue weighted by Crippen LogP contribution is -2.18. The van der Waals surface area contributed by atoms with Gasteiger partial charge < -0.3 is 15.2 Å². The second-order valence-corrected chi connectivity index (χ2v) is 7.90. The lowest BCUT2D eigenvalue weighted by Gasteiger charge is -2.17. The number of alkyl halides is 3. The van der Waals surface area contributed by atoms with Crippen molar-refractivity contribution in [1.29, 1.82) is 0 Å². The van der Waals surface area contributed by atoms with E-state index in [-0.39, 0.29) is 5.69 Å². The van der Waals surface area contributed by atoms with Gasteiger partial charge in [0.05, 0.1) is 11.8 Å². The number of anilines is 2. The van der Waals surface area contributed by atoms with E-state index >= 15 is 0 Å². The summed E-state index contributed by atoms with van der Waals surface area (Å²) in [5, 5.41) is 5.97. The largest absolute Gasteiger partial charge is 0.416 e. The third-order valence-electron chi connectivity index (χ3n) is 5.62. The number of rotatable bonds is 3. The number of halogens is 3. The van der Waals surface area contributed by atoms with Crippen molar-refractivity contribution < 1.29 is 18.0 Å². The van der Waals surface area contributed by atoms with Crippen LogP contribution in [-0.2, 0) is 12.7 Å². The maximum atomic E-state index is 13.0. The third kappa shape index (κ3) is 4.18. The topological polar surface area (TPSA) is 110 Å². The van der Waals surface area contributed by atoms with E-state index in [0.717, 1.165) is 35.3 Å². The fourth-order valence-corrected chi connectivity index (χ4v) is 3.90. The smallest absolute Gasteiger partial charge is 0.368 e. The average molecular weight is 480 g/mol. The summed E-state index contributed by atoms with van der Waals surface area (Å²) in [6.07, 6.45) is -2.00. The number of amides is 1. The number of carbonyl (C=O) groups excluding carboxylic acids is 1. The molecule has 1 aromatic carbocycles. The van der Waals surface area contributed by atoms with Gasteiger partial charge in [-0.1, -0.05) is 6.07 Å². The lowest BCUT2D eigenvalue weighted by atomic mass is 10.0. The standard InChI is InChI=1S/C23H19F3N8O/c1-12-3-4-14(31-21(35)16-9-13(5-6-28-16)23(24,25)26)10-15(12)18-20-29-7-8-34(20)19-17(32-18)11-30-22(27-2)33-19/h3-6,9-11,29H,7-8H2,1-2H3,(H,31,35). The molecular weight excluding hydrogens is 461 g/mol. The van der Waals surface area contributed by atoms with Crippen molar-refractivity contribution in [2.45, 2.75) is 19.6 Å². The monoisotopic (exact) mass is 480 g/mol. The van der Waals surface area contributed by atoms with Crippen LogP contribution in [0, 0.1) is 6.92 Å². The quantitative estimate of drug-likeness (QED) is 0.465. The molecule has 3 aliphatic rings. The zero-order valence-electron chi connectivity index (χ0n) is 18.7. The summed E-state index contributed by atoms with van der Waals surface area (Å²) in [5.41, 5.74) is 2.34. The molecular formula is C23H19F3N8O. The lowest BCUT2D eigenvalue weighted by molar-refractivity contribution is -0.137. The van der Waals surface area contributed by atoms with Gasteiger partial charge in [0.15, 0.2) is 5.82 Å². The molecule has 0 saturated carbocycles. The van der Waals surface area contributed by atoms with Crippen molar-refractivity contribution in [3.63, 3.8) is 0 Å². The van der Waals surface area contributed by atoms with Crippen LogP contribution in [0.15, 0.2) is 47.7 Å². The third-order valence-corrected chi connectivity index (χ3v) is 5.62. The first kappa shape index (κ1) is 22.4. The van der Waals surface area contributed by atoms with E-state index in [9.17, 15) is 18.0 Å². The molecule has 1 aromatic heterocycles. The number of aromatic nitrogens is 5. The molecule has 12 heteroatoms. The van der Waals surface area contributed by atoms with Gasteiger partial charge >= 0.3 is 6.18 Å². The molecule has 3 aliphatic heterocycles. The Hall–Kier alpha value is -4.35. The highest BCUT2D eigenvalue weighted by molar-refractivity contribution is 6.03. The highest BCUT2D eigenvalue weighted by Crippen LogP contribution is 2.36. The fourth-order valence-electron chi connectivity index (χ4n) is 3.90. The Morgan fingerprint density at radius 1 is 1.17 bits per heavy atom. The molecule has 0 unspecified atom stereocenters. The van der Waals surface area contributed by atoms with Gasteiger partial charge in [0.2, 0.25) is 5.62 Å². The van der Waals surface area contributed by atoms with Crippen molar-refractivity contribution in [3.8, 4) is 22.8 Å². The summed E-state index contributed by atoms with van der Waals surface area (Å²) in [6.45, 7) is 3.27. The predicted molar refractivity (Wildman–Crippen MR) is 122 cm³/mol. The molecule has 0 saturated heterocycles. The van der Waals surface area contributed by atoms with Gasteiger partial charge in [-0.05, 0) is 36.8 Å². The van der Waals surface area contributed by atoms with Gasteiger partial charge in [0, 0.05) is 37.6 Å². The Kier molecular flexibility index (Phi) is 5.42. The van der Waals surface area contributed by atoms with Crippen LogP contribution < -0.4 is 16.3 Å². The van der Waals surface area contributed by atoms with Crippen molar-refractivity contribution in [2.75, 3.05) is 24.2 Å². The highest BCUT2D eigenvalue weighted by Gasteiger charge is 2.31. The first-order valence-corrected chi connectivity index (χ1v) is 10.6. The minimum Gasteiger partial charge on any atom is -0.368 e. The van der Waals surface area contributed by atoms with Crippen LogP contribution in [0.25, 0.3) is 22.8 Å². The van der Waals surface area contributed by atoms with E-state index in [1.54, 1.807) is 31.4 Å². The number of fused-ring (bicyclic) bond motifs is 3. The van der Waals surface area contributed by atoms with Crippen molar-refractivity contribution >= 4 is 17.4 Å². The normalized spacial score (nSPS) is 13.6. The molecule has 0 spiro atoms. The minimum atomic E-state index is -4.57. The zero-order valence-corrected chi connectivity index (χ0v) is 18.7. The van der Waals surface area contributed by atoms with Gasteiger partial charge in [0.25, 0.3) is 5.91 Å². The SMILES string of the molecule is CN=c1ncc2nc(-c3cc(NC(=O)c4cc(C(F)(F)F)ccn4)ccc3C)c3n(c-2n1)CCN3. The number of nitrogens with one attached hydrogen (secondary N) is 2. The number of hydrogen-bond donors (Lipinski definition) is 2. The molecule has 0 bridgehead atoms. The molecule has 1 amide bonds. The fraction of sp³-hybridized carbons (Fsp3) is 0.217. The molecule has 0 aliphatic carbocycles. The molecule has 2 aromatic rings. The maximum Gasteiger partial charge on any atom is 0.416 e. The van der Waals surface area contributed by atoms with Crippen LogP contribution in [0.1, 0.15) is 21.6 Å². The Labute approximate surface area is 197 Å². The second-order valence-electron chi connectivity index (χ2n) is 7.90. The Morgan fingerprint density at radius 3 is 2.77 bits per heavy atom. The van der Waals surface area contributed by atoms with Crippen LogP contribution in [0.3, 0.4) is 0 Å². The number of pyridine rings is 1. The summed E-state index contributed by atoms with van der Waals surface area (Å²) in [7, 11) is 1.62. The molecule has 178 valence electrons. The summed E-state index contributed by atoms with van der Waals surface area (Å²) >= 11 is 0. The van der Waals surface area contributed by atoms with Gasteiger partial charge in [-0.2, -0.15) is 18.2 Å². The molecule has 0 fully saturated rings. The molecule has 4 heterocycles. The van der Waals surface area contributed by atoms with Gasteiger partial charge in [0.1, 0.15) is 22.9 Å². The number of hydrogen-bond acceptors (Lipinski definition) is 7. The van der Waals surface area contributed by atoms with Crippen LogP contribution in [-0.4, -0.2) is 44.0 Å². The zero-order chi connectivity index (χ0) is 24.7. The summed E-state index contributed by atoms with van der Waals surface area (Å²) in [5.74, 6) is 0.672. The summed E-state index contributed by atoms with van der Waals surface area (Å²) in [6, 6.07) is 6.74. The van der Waals surface area contributed by atoms with Crippen LogP contribution in [0.2, 0.25) is 0 Å². The van der Waals surface area contributed by atoms with Crippen LogP contribution in [0.5, 0.6) is 0 Å². The van der Waals surface area contributed by atoms with E-state index in [4.69, 9.17) is 4.98 Å². The average Bonchev–Trinajstić information content (AvgIpc) is 3.34. The number of aryl methyl sites for hydroxylation is 1. The number of nitrogens with zero attached hydrogens (tertiary/aromatic N) is 6. The molecule has 0 atom stereocenters. The Bertz CT molecular complexity index is 1500. The van der Waals surface area contributed by atoms with E-state index in [1.165, 1.54) is 0 Å². The number of benzene rings is 1. The van der Waals surface area contributed by atoms with Crippen molar-refractivity contribution in [3.05, 3.63) is 65.2 Å². The minimum absolute atomic E-state index is 0.335. The van der Waals surface area contributed by atoms with Gasteiger partial charge in [-0.25, -0.2) is 9.97 Å². The predicted octanol–water partition coefficient (Wildman–Crippen LogP) is 3.38. The highest BCUT2D eigenvalue weighted by atomic mass is 19.4. The van der Waals surface area contributed by atoms with Crippen LogP contribution >= 0.6 is 0 Å². The van der Waals surface area contributed by atoms with Crippen molar-refractivity contribution in [2.24, 2.45) is 4.99 Å². The van der Waals surface area contributed by atoms with E-state index in [2.05, 4.69) is 30.6 Å².